The maximum absolute atomic E-state index is 12.7. The van der Waals surface area contributed by atoms with Gasteiger partial charge in [0.25, 0.3) is 0 Å². The zero-order valence-corrected chi connectivity index (χ0v) is 13.3. The van der Waals surface area contributed by atoms with E-state index in [2.05, 4.69) is 21.1 Å². The fourth-order valence-electron chi connectivity index (χ4n) is 2.24. The van der Waals surface area contributed by atoms with Gasteiger partial charge in [-0.2, -0.15) is 0 Å². The molecule has 0 bridgehead atoms. The molecule has 1 aliphatic carbocycles. The Morgan fingerprint density at radius 2 is 2.19 bits per heavy atom. The molecule has 0 spiro atoms. The van der Waals surface area contributed by atoms with Crippen molar-refractivity contribution in [1.82, 2.24) is 5.16 Å². The lowest BCUT2D eigenvalue weighted by atomic mass is 9.99. The molecule has 0 aliphatic heterocycles. The van der Waals surface area contributed by atoms with Crippen LogP contribution >= 0.6 is 15.9 Å². The Bertz CT molecular complexity index is 724. The molecule has 1 aromatic heterocycles. The monoisotopic (exact) mass is 369 g/mol. The van der Waals surface area contributed by atoms with Crippen LogP contribution in [0.25, 0.3) is 0 Å². The van der Waals surface area contributed by atoms with Crippen LogP contribution in [0.15, 0.2) is 33.4 Å². The summed E-state index contributed by atoms with van der Waals surface area (Å²) >= 11 is 1.30. The van der Waals surface area contributed by atoms with E-state index >= 15 is 0 Å². The van der Waals surface area contributed by atoms with Crippen molar-refractivity contribution in [3.05, 3.63) is 51.3 Å². The summed E-state index contributed by atoms with van der Waals surface area (Å²) in [5.74, 6) is 0.590. The van der Waals surface area contributed by atoms with Crippen molar-refractivity contribution in [2.24, 2.45) is 0 Å². The zero-order valence-electron chi connectivity index (χ0n) is 10.9. The summed E-state index contributed by atoms with van der Waals surface area (Å²) in [5.41, 5.74) is 1.38. The first-order chi connectivity index (χ1) is 10.1. The van der Waals surface area contributed by atoms with Crippen LogP contribution < -0.4 is 0 Å². The van der Waals surface area contributed by atoms with E-state index in [0.29, 0.717) is 22.5 Å². The lowest BCUT2D eigenvalue weighted by molar-refractivity contribution is 0.103. The van der Waals surface area contributed by atoms with Gasteiger partial charge in [0.2, 0.25) is 0 Å². The molecule has 5 nitrogen and oxygen atoms in total. The number of aromatic nitrogens is 1. The predicted octanol–water partition coefficient (Wildman–Crippen LogP) is 3.27. The van der Waals surface area contributed by atoms with Gasteiger partial charge in [-0.1, -0.05) is 21.1 Å². The van der Waals surface area contributed by atoms with E-state index in [1.807, 2.05) is 0 Å². The second-order valence-corrected chi connectivity index (χ2v) is 6.82. The molecular weight excluding hydrogens is 358 g/mol. The average Bonchev–Trinajstić information content (AvgIpc) is 3.15. The van der Waals surface area contributed by atoms with Crippen molar-refractivity contribution >= 4 is 32.8 Å². The van der Waals surface area contributed by atoms with Gasteiger partial charge >= 0.3 is 0 Å². The van der Waals surface area contributed by atoms with Crippen LogP contribution in [0.3, 0.4) is 0 Å². The summed E-state index contributed by atoms with van der Waals surface area (Å²) in [5, 5.41) is 3.72. The molecule has 1 fully saturated rings. The van der Waals surface area contributed by atoms with Crippen molar-refractivity contribution in [3.8, 4) is 0 Å². The van der Waals surface area contributed by atoms with E-state index < -0.39 is 11.1 Å². The Balaban J connectivity index is 2.00. The smallest absolute Gasteiger partial charge is 0.198 e. The first kappa shape index (κ1) is 14.6. The van der Waals surface area contributed by atoms with Crippen molar-refractivity contribution in [3.63, 3.8) is 0 Å². The molecule has 1 aliphatic rings. The topological polar surface area (TPSA) is 80.4 Å². The molecule has 21 heavy (non-hydrogen) atoms. The molecule has 1 heterocycles. The van der Waals surface area contributed by atoms with Crippen molar-refractivity contribution in [2.45, 2.75) is 24.5 Å². The minimum Gasteiger partial charge on any atom is -0.360 e. The Labute approximate surface area is 132 Å². The largest absolute Gasteiger partial charge is 0.360 e. The van der Waals surface area contributed by atoms with Crippen LogP contribution in [0.1, 0.15) is 46.0 Å². The minimum absolute atomic E-state index is 0.0927. The highest BCUT2D eigenvalue weighted by Gasteiger charge is 2.33. The van der Waals surface area contributed by atoms with E-state index in [4.69, 9.17) is 9.08 Å². The van der Waals surface area contributed by atoms with Gasteiger partial charge < -0.3 is 9.08 Å². The Kier molecular flexibility index (Phi) is 4.05. The Hall–Kier alpha value is -1.31. The summed E-state index contributed by atoms with van der Waals surface area (Å²) in [6.45, 7) is 0. The van der Waals surface area contributed by atoms with Gasteiger partial charge in [0.15, 0.2) is 22.6 Å². The number of benzene rings is 1. The van der Waals surface area contributed by atoms with Crippen LogP contribution in [-0.2, 0) is 16.8 Å². The fraction of sp³-hybridized carbons (Fsp3) is 0.286. The normalized spacial score (nSPS) is 15.9. The summed E-state index contributed by atoms with van der Waals surface area (Å²) in [4.78, 5) is 12.7. The number of hydrogen-bond donors (Lipinski definition) is 1. The van der Waals surface area contributed by atoms with Gasteiger partial charge in [-0.25, -0.2) is 4.21 Å². The number of rotatable bonds is 5. The van der Waals surface area contributed by atoms with Crippen LogP contribution in [0.5, 0.6) is 0 Å². The van der Waals surface area contributed by atoms with Crippen LogP contribution in [0.4, 0.5) is 0 Å². The van der Waals surface area contributed by atoms with Crippen molar-refractivity contribution < 1.29 is 18.1 Å². The second-order valence-electron chi connectivity index (χ2n) is 4.97. The fourth-order valence-corrected chi connectivity index (χ4v) is 3.15. The molecule has 3 rings (SSSR count). The number of ketones is 1. The third-order valence-electron chi connectivity index (χ3n) is 3.38. The second kappa shape index (κ2) is 5.82. The lowest BCUT2D eigenvalue weighted by Gasteiger charge is -2.07. The molecule has 1 saturated carbocycles. The van der Waals surface area contributed by atoms with Gasteiger partial charge in [-0.3, -0.25) is 4.79 Å². The number of carbonyl (C=O) groups is 1. The predicted molar refractivity (Wildman–Crippen MR) is 80.5 cm³/mol. The molecular formula is C14H12BrNO4S. The number of nitrogens with zero attached hydrogens (tertiary/aromatic N) is 1. The molecule has 1 atom stereocenters. The molecule has 1 unspecified atom stereocenters. The van der Waals surface area contributed by atoms with E-state index in [0.717, 1.165) is 17.3 Å². The molecule has 110 valence electrons. The third-order valence-corrected chi connectivity index (χ3v) is 4.43. The number of hydrogen-bond acceptors (Lipinski definition) is 4. The van der Waals surface area contributed by atoms with Gasteiger partial charge in [-0.15, -0.1) is 0 Å². The molecule has 1 N–H and O–H groups in total. The number of halogens is 1. The Morgan fingerprint density at radius 3 is 2.86 bits per heavy atom. The summed E-state index contributed by atoms with van der Waals surface area (Å²) in [7, 11) is 0. The van der Waals surface area contributed by atoms with E-state index in [1.54, 1.807) is 18.2 Å². The highest BCUT2D eigenvalue weighted by atomic mass is 79.9. The van der Waals surface area contributed by atoms with Crippen LogP contribution in [-0.4, -0.2) is 19.7 Å². The van der Waals surface area contributed by atoms with E-state index in [1.165, 1.54) is 6.20 Å². The summed E-state index contributed by atoms with van der Waals surface area (Å²) < 4.78 is 26.1. The zero-order chi connectivity index (χ0) is 15.0. The van der Waals surface area contributed by atoms with Crippen LogP contribution in [0.2, 0.25) is 0 Å². The highest BCUT2D eigenvalue weighted by Crippen LogP contribution is 2.42. The molecule has 0 amide bonds. The highest BCUT2D eigenvalue weighted by molar-refractivity contribution is 9.10. The first-order valence-electron chi connectivity index (χ1n) is 6.41. The first-order valence-corrected chi connectivity index (χ1v) is 8.48. The standard InChI is InChI=1S/C14H12BrNO4S/c15-10-3-4-11(9(5-10)7-21(18)19)13(17)12-6-16-20-14(12)8-1-2-8/h3-6,8H,1-2,7H2,(H,18,19). The summed E-state index contributed by atoms with van der Waals surface area (Å²) in [6.07, 6.45) is 3.43. The van der Waals surface area contributed by atoms with Gasteiger partial charge in [0.05, 0.1) is 17.5 Å². The maximum atomic E-state index is 12.7. The SMILES string of the molecule is O=C(c1ccc(Br)cc1CS(=O)O)c1cnoc1C1CC1. The van der Waals surface area contributed by atoms with E-state index in [9.17, 15) is 9.00 Å². The molecule has 0 radical (unpaired) electrons. The Morgan fingerprint density at radius 1 is 1.43 bits per heavy atom. The van der Waals surface area contributed by atoms with E-state index in [-0.39, 0.29) is 17.5 Å². The molecule has 2 aromatic rings. The van der Waals surface area contributed by atoms with Crippen molar-refractivity contribution in [2.75, 3.05) is 0 Å². The summed E-state index contributed by atoms with van der Waals surface area (Å²) in [6, 6.07) is 5.07. The van der Waals surface area contributed by atoms with Gasteiger partial charge in [0, 0.05) is 16.0 Å². The molecule has 1 aromatic carbocycles. The number of carbonyl (C=O) groups excluding carboxylic acids is 1. The quantitative estimate of drug-likeness (QED) is 0.646. The van der Waals surface area contributed by atoms with Crippen molar-refractivity contribution in [1.29, 1.82) is 0 Å². The third kappa shape index (κ3) is 3.14. The van der Waals surface area contributed by atoms with Gasteiger partial charge in [0.1, 0.15) is 0 Å². The van der Waals surface area contributed by atoms with Gasteiger partial charge in [-0.05, 0) is 36.6 Å². The lowest BCUT2D eigenvalue weighted by Crippen LogP contribution is -2.08. The molecule has 7 heteroatoms. The maximum Gasteiger partial charge on any atom is 0.198 e. The molecule has 0 saturated heterocycles. The average molecular weight is 370 g/mol. The van der Waals surface area contributed by atoms with Crippen LogP contribution in [0, 0.1) is 0 Å². The minimum atomic E-state index is -2.01.